The molecule has 0 bridgehead atoms. The Kier molecular flexibility index (Phi) is 4.22. The molecule has 0 radical (unpaired) electrons. The summed E-state index contributed by atoms with van der Waals surface area (Å²) in [7, 11) is 0. The number of aromatic amines is 1. The van der Waals surface area contributed by atoms with Crippen molar-refractivity contribution in [2.24, 2.45) is 5.92 Å². The summed E-state index contributed by atoms with van der Waals surface area (Å²) in [6.45, 7) is 4.84. The first kappa shape index (κ1) is 13.7. The topological polar surface area (TPSA) is 55.0 Å². The highest BCUT2D eigenvalue weighted by molar-refractivity contribution is 9.10. The highest BCUT2D eigenvalue weighted by Crippen LogP contribution is 2.41. The summed E-state index contributed by atoms with van der Waals surface area (Å²) in [5.74, 6) is 1.27. The van der Waals surface area contributed by atoms with Crippen LogP contribution in [0, 0.1) is 5.92 Å². The van der Waals surface area contributed by atoms with Crippen LogP contribution in [0.5, 0.6) is 0 Å². The average Bonchev–Trinajstić information content (AvgIpc) is 2.33. The third-order valence-corrected chi connectivity index (χ3v) is 4.13. The molecule has 1 saturated carbocycles. The van der Waals surface area contributed by atoms with Gasteiger partial charge in [-0.05, 0) is 48.0 Å². The average molecular weight is 315 g/mol. The molecule has 2 atom stereocenters. The summed E-state index contributed by atoms with van der Waals surface area (Å²) in [6.07, 6.45) is 5.74. The lowest BCUT2D eigenvalue weighted by Crippen LogP contribution is -2.38. The van der Waals surface area contributed by atoms with Gasteiger partial charge in [-0.25, -0.2) is 4.98 Å². The molecule has 1 heterocycles. The van der Waals surface area contributed by atoms with Crippen LogP contribution in [0.1, 0.15) is 45.4 Å². The number of H-pyrrole nitrogens is 1. The summed E-state index contributed by atoms with van der Waals surface area (Å²) in [5, 5.41) is 0. The van der Waals surface area contributed by atoms with Gasteiger partial charge in [-0.2, -0.15) is 0 Å². The van der Waals surface area contributed by atoms with Crippen molar-refractivity contribution >= 4 is 15.9 Å². The van der Waals surface area contributed by atoms with Crippen LogP contribution in [-0.2, 0) is 10.3 Å². The third-order valence-electron chi connectivity index (χ3n) is 3.56. The number of halogens is 1. The fourth-order valence-electron chi connectivity index (χ4n) is 2.80. The van der Waals surface area contributed by atoms with Crippen LogP contribution in [0.4, 0.5) is 0 Å². The first-order valence-electron chi connectivity index (χ1n) is 6.46. The van der Waals surface area contributed by atoms with Gasteiger partial charge < -0.3 is 9.72 Å². The molecular formula is C13H19BrN2O2. The van der Waals surface area contributed by atoms with Gasteiger partial charge in [0, 0.05) is 12.8 Å². The maximum atomic E-state index is 11.7. The van der Waals surface area contributed by atoms with Crippen molar-refractivity contribution in [3.05, 3.63) is 26.8 Å². The van der Waals surface area contributed by atoms with E-state index >= 15 is 0 Å². The molecule has 4 nitrogen and oxygen atoms in total. The Labute approximate surface area is 115 Å². The van der Waals surface area contributed by atoms with E-state index in [4.69, 9.17) is 4.74 Å². The molecule has 1 aliphatic rings. The molecule has 0 aromatic carbocycles. The van der Waals surface area contributed by atoms with Crippen molar-refractivity contribution in [2.75, 3.05) is 6.61 Å². The molecule has 2 unspecified atom stereocenters. The van der Waals surface area contributed by atoms with E-state index in [1.807, 2.05) is 6.92 Å². The molecular weight excluding hydrogens is 296 g/mol. The Morgan fingerprint density at radius 3 is 3.06 bits per heavy atom. The number of hydrogen-bond donors (Lipinski definition) is 1. The zero-order chi connectivity index (χ0) is 13.2. The Balaban J connectivity index is 2.39. The van der Waals surface area contributed by atoms with Crippen molar-refractivity contribution in [3.63, 3.8) is 0 Å². The van der Waals surface area contributed by atoms with Crippen LogP contribution < -0.4 is 5.56 Å². The maximum Gasteiger partial charge on any atom is 0.265 e. The van der Waals surface area contributed by atoms with E-state index in [2.05, 4.69) is 32.8 Å². The monoisotopic (exact) mass is 314 g/mol. The molecule has 5 heteroatoms. The van der Waals surface area contributed by atoms with Crippen LogP contribution in [0.2, 0.25) is 0 Å². The largest absolute Gasteiger partial charge is 0.367 e. The molecule has 1 aromatic heterocycles. The van der Waals surface area contributed by atoms with E-state index < -0.39 is 5.60 Å². The van der Waals surface area contributed by atoms with Gasteiger partial charge in [0.05, 0.1) is 0 Å². The minimum Gasteiger partial charge on any atom is -0.367 e. The summed E-state index contributed by atoms with van der Waals surface area (Å²) in [6, 6.07) is 0. The molecule has 1 fully saturated rings. The van der Waals surface area contributed by atoms with E-state index in [0.717, 1.165) is 19.3 Å². The second kappa shape index (κ2) is 5.53. The fourth-order valence-corrected chi connectivity index (χ4v) is 3.01. The third kappa shape index (κ3) is 2.67. The molecule has 1 aromatic rings. The smallest absolute Gasteiger partial charge is 0.265 e. The quantitative estimate of drug-likeness (QED) is 0.933. The normalized spacial score (nSPS) is 28.3. The van der Waals surface area contributed by atoms with Crippen LogP contribution in [0.25, 0.3) is 0 Å². The second-order valence-electron chi connectivity index (χ2n) is 5.04. The molecule has 1 aliphatic carbocycles. The van der Waals surface area contributed by atoms with Gasteiger partial charge in [-0.1, -0.05) is 13.3 Å². The minimum absolute atomic E-state index is 0.141. The van der Waals surface area contributed by atoms with Gasteiger partial charge in [-0.15, -0.1) is 0 Å². The van der Waals surface area contributed by atoms with E-state index in [1.54, 1.807) is 6.20 Å². The lowest BCUT2D eigenvalue weighted by molar-refractivity contribution is -0.0882. The Morgan fingerprint density at radius 2 is 2.44 bits per heavy atom. The van der Waals surface area contributed by atoms with Crippen LogP contribution in [0.3, 0.4) is 0 Å². The fraction of sp³-hybridized carbons (Fsp3) is 0.692. The minimum atomic E-state index is -0.410. The Bertz CT molecular complexity index is 470. The summed E-state index contributed by atoms with van der Waals surface area (Å²) >= 11 is 3.17. The summed E-state index contributed by atoms with van der Waals surface area (Å²) in [4.78, 5) is 18.9. The van der Waals surface area contributed by atoms with Crippen molar-refractivity contribution in [3.8, 4) is 0 Å². The highest BCUT2D eigenvalue weighted by atomic mass is 79.9. The maximum absolute atomic E-state index is 11.7. The zero-order valence-corrected chi connectivity index (χ0v) is 12.4. The standard InChI is InChI=1S/C13H19BrN2O2/c1-3-18-13(6-4-5-9(2)7-13)12-15-8-10(14)11(17)16-12/h8-9H,3-7H2,1-2H3,(H,15,16,17). The summed E-state index contributed by atoms with van der Waals surface area (Å²) in [5.41, 5.74) is -0.552. The molecule has 1 N–H and O–H groups in total. The number of ether oxygens (including phenoxy) is 1. The van der Waals surface area contributed by atoms with E-state index in [-0.39, 0.29) is 5.56 Å². The molecule has 0 aliphatic heterocycles. The molecule has 0 amide bonds. The Hall–Kier alpha value is -0.680. The van der Waals surface area contributed by atoms with Gasteiger partial charge in [-0.3, -0.25) is 4.79 Å². The number of nitrogens with one attached hydrogen (secondary N) is 1. The predicted molar refractivity (Wildman–Crippen MR) is 73.5 cm³/mol. The number of aromatic nitrogens is 2. The second-order valence-corrected chi connectivity index (χ2v) is 5.89. The number of nitrogens with zero attached hydrogens (tertiary/aromatic N) is 1. The van der Waals surface area contributed by atoms with Crippen molar-refractivity contribution in [1.29, 1.82) is 0 Å². The van der Waals surface area contributed by atoms with Gasteiger partial charge in [0.2, 0.25) is 0 Å². The molecule has 0 spiro atoms. The van der Waals surface area contributed by atoms with E-state index in [9.17, 15) is 4.79 Å². The van der Waals surface area contributed by atoms with Crippen LogP contribution in [0.15, 0.2) is 15.5 Å². The predicted octanol–water partition coefficient (Wildman–Crippen LogP) is 2.97. The highest BCUT2D eigenvalue weighted by Gasteiger charge is 2.39. The number of hydrogen-bond acceptors (Lipinski definition) is 3. The number of rotatable bonds is 3. The van der Waals surface area contributed by atoms with Gasteiger partial charge in [0.15, 0.2) is 0 Å². The molecule has 2 rings (SSSR count). The summed E-state index contributed by atoms with van der Waals surface area (Å²) < 4.78 is 6.43. The SMILES string of the molecule is CCOC1(c2ncc(Br)c(=O)[nH]2)CCCC(C)C1. The van der Waals surface area contributed by atoms with Crippen molar-refractivity contribution in [1.82, 2.24) is 9.97 Å². The molecule has 18 heavy (non-hydrogen) atoms. The first-order valence-corrected chi connectivity index (χ1v) is 7.26. The van der Waals surface area contributed by atoms with E-state index in [0.29, 0.717) is 22.8 Å². The van der Waals surface area contributed by atoms with Gasteiger partial charge >= 0.3 is 0 Å². The van der Waals surface area contributed by atoms with Crippen molar-refractivity contribution < 1.29 is 4.74 Å². The molecule has 0 saturated heterocycles. The van der Waals surface area contributed by atoms with Gasteiger partial charge in [0.25, 0.3) is 5.56 Å². The Morgan fingerprint density at radius 1 is 1.67 bits per heavy atom. The van der Waals surface area contributed by atoms with Crippen LogP contribution in [-0.4, -0.2) is 16.6 Å². The van der Waals surface area contributed by atoms with Crippen molar-refractivity contribution in [2.45, 2.75) is 45.1 Å². The van der Waals surface area contributed by atoms with Crippen LogP contribution >= 0.6 is 15.9 Å². The lowest BCUT2D eigenvalue weighted by Gasteiger charge is -2.38. The first-order chi connectivity index (χ1) is 8.57. The zero-order valence-electron chi connectivity index (χ0n) is 10.8. The van der Waals surface area contributed by atoms with E-state index in [1.165, 1.54) is 6.42 Å². The van der Waals surface area contributed by atoms with Gasteiger partial charge in [0.1, 0.15) is 15.9 Å². The molecule has 100 valence electrons. The lowest BCUT2D eigenvalue weighted by atomic mass is 9.78.